The molecule has 6 unspecified atom stereocenters. The highest BCUT2D eigenvalue weighted by Gasteiger charge is 2.30. The van der Waals surface area contributed by atoms with Crippen LogP contribution in [0.1, 0.15) is 344 Å². The highest BCUT2D eigenvalue weighted by atomic mass is 31.2. The Morgan fingerprint density at radius 2 is 0.539 bits per heavy atom. The van der Waals surface area contributed by atoms with Crippen LogP contribution in [0.4, 0.5) is 0 Å². The van der Waals surface area contributed by atoms with Gasteiger partial charge < -0.3 is 33.8 Å². The van der Waals surface area contributed by atoms with Gasteiger partial charge in [0.1, 0.15) is 19.3 Å². The van der Waals surface area contributed by atoms with Crippen molar-refractivity contribution in [1.82, 2.24) is 0 Å². The van der Waals surface area contributed by atoms with Crippen LogP contribution in [-0.2, 0) is 65.4 Å². The number of aliphatic hydroxyl groups excluding tert-OH is 1. The van der Waals surface area contributed by atoms with Gasteiger partial charge in [0.2, 0.25) is 0 Å². The number of esters is 4. The molecule has 0 aliphatic heterocycles. The van der Waals surface area contributed by atoms with E-state index in [0.29, 0.717) is 25.7 Å². The van der Waals surface area contributed by atoms with Crippen LogP contribution in [-0.4, -0.2) is 96.7 Å². The molecule has 89 heavy (non-hydrogen) atoms. The van der Waals surface area contributed by atoms with Crippen molar-refractivity contribution >= 4 is 39.5 Å². The molecule has 0 aliphatic carbocycles. The number of carbonyl (C=O) groups excluding carboxylic acids is 4. The van der Waals surface area contributed by atoms with Crippen molar-refractivity contribution in [1.29, 1.82) is 0 Å². The average molecular weight is 1310 g/mol. The van der Waals surface area contributed by atoms with Crippen molar-refractivity contribution in [2.45, 2.75) is 363 Å². The number of phosphoric ester groups is 2. The number of carbonyl (C=O) groups is 4. The van der Waals surface area contributed by atoms with Gasteiger partial charge in [0.25, 0.3) is 0 Å². The van der Waals surface area contributed by atoms with E-state index in [2.05, 4.69) is 55.4 Å². The number of phosphoric acid groups is 2. The minimum absolute atomic E-state index is 0.102. The fourth-order valence-electron chi connectivity index (χ4n) is 10.4. The van der Waals surface area contributed by atoms with Crippen LogP contribution < -0.4 is 0 Å². The molecule has 0 aromatic carbocycles. The van der Waals surface area contributed by atoms with Crippen molar-refractivity contribution in [3.63, 3.8) is 0 Å². The van der Waals surface area contributed by atoms with E-state index in [0.717, 1.165) is 120 Å². The smallest absolute Gasteiger partial charge is 0.462 e. The summed E-state index contributed by atoms with van der Waals surface area (Å²) in [4.78, 5) is 72.5. The second kappa shape index (κ2) is 59.8. The number of rotatable bonds is 67. The Kier molecular flexibility index (Phi) is 58.5. The lowest BCUT2D eigenvalue weighted by Gasteiger charge is -2.21. The van der Waals surface area contributed by atoms with Crippen LogP contribution in [0, 0.1) is 23.7 Å². The van der Waals surface area contributed by atoms with Crippen LogP contribution in [0.3, 0.4) is 0 Å². The molecule has 0 aliphatic rings. The molecule has 0 amide bonds. The molecule has 0 rings (SSSR count). The van der Waals surface area contributed by atoms with Crippen LogP contribution >= 0.6 is 15.6 Å². The molecule has 0 aromatic rings. The molecule has 0 spiro atoms. The Bertz CT molecular complexity index is 1770. The van der Waals surface area contributed by atoms with Gasteiger partial charge in [0.15, 0.2) is 12.2 Å². The van der Waals surface area contributed by atoms with Crippen molar-refractivity contribution < 1.29 is 80.2 Å². The summed E-state index contributed by atoms with van der Waals surface area (Å²) < 4.78 is 68.2. The third-order valence-corrected chi connectivity index (χ3v) is 19.1. The number of aliphatic hydroxyl groups is 1. The minimum atomic E-state index is -4.95. The van der Waals surface area contributed by atoms with Crippen molar-refractivity contribution in [3.05, 3.63) is 0 Å². The van der Waals surface area contributed by atoms with Gasteiger partial charge in [-0.05, 0) is 49.4 Å². The fraction of sp³-hybridized carbons (Fsp3) is 0.943. The summed E-state index contributed by atoms with van der Waals surface area (Å²) in [5.74, 6) is 0.889. The Morgan fingerprint density at radius 3 is 0.798 bits per heavy atom. The van der Waals surface area contributed by atoms with Gasteiger partial charge >= 0.3 is 39.5 Å². The third-order valence-electron chi connectivity index (χ3n) is 17.2. The van der Waals surface area contributed by atoms with Gasteiger partial charge in [-0.15, -0.1) is 0 Å². The summed E-state index contributed by atoms with van der Waals surface area (Å²) in [7, 11) is -9.90. The number of hydrogen-bond acceptors (Lipinski definition) is 15. The first-order chi connectivity index (χ1) is 42.7. The van der Waals surface area contributed by atoms with Crippen LogP contribution in [0.5, 0.6) is 0 Å². The highest BCUT2D eigenvalue weighted by molar-refractivity contribution is 7.47. The Balaban J connectivity index is 5.22. The van der Waals surface area contributed by atoms with Crippen molar-refractivity contribution in [2.24, 2.45) is 23.7 Å². The topological polar surface area (TPSA) is 237 Å². The summed E-state index contributed by atoms with van der Waals surface area (Å²) >= 11 is 0. The van der Waals surface area contributed by atoms with E-state index in [1.807, 2.05) is 0 Å². The molecule has 19 heteroatoms. The first-order valence-corrected chi connectivity index (χ1v) is 39.3. The fourth-order valence-corrected chi connectivity index (χ4v) is 12.0. The highest BCUT2D eigenvalue weighted by Crippen LogP contribution is 2.45. The number of ether oxygens (including phenoxy) is 4. The van der Waals surface area contributed by atoms with E-state index in [9.17, 15) is 43.2 Å². The largest absolute Gasteiger partial charge is 0.472 e. The zero-order chi connectivity index (χ0) is 66.1. The monoisotopic (exact) mass is 1310 g/mol. The predicted octanol–water partition coefficient (Wildman–Crippen LogP) is 19.7. The molecule has 0 heterocycles. The Morgan fingerprint density at radius 1 is 0.315 bits per heavy atom. The van der Waals surface area contributed by atoms with Crippen LogP contribution in [0.2, 0.25) is 0 Å². The second-order valence-electron chi connectivity index (χ2n) is 26.5. The quantitative estimate of drug-likeness (QED) is 0.0222. The lowest BCUT2D eigenvalue weighted by atomic mass is 9.99. The normalized spacial score (nSPS) is 15.2. The van der Waals surface area contributed by atoms with Gasteiger partial charge in [-0.2, -0.15) is 0 Å². The van der Waals surface area contributed by atoms with Gasteiger partial charge in [0, 0.05) is 25.7 Å². The van der Waals surface area contributed by atoms with E-state index in [1.54, 1.807) is 0 Å². The maximum absolute atomic E-state index is 13.0. The predicted molar refractivity (Wildman–Crippen MR) is 358 cm³/mol. The van der Waals surface area contributed by atoms with Gasteiger partial charge in [-0.1, -0.05) is 293 Å². The molecule has 0 bridgehead atoms. The summed E-state index contributed by atoms with van der Waals surface area (Å²) in [6.45, 7) is 14.1. The van der Waals surface area contributed by atoms with Gasteiger partial charge in [-0.3, -0.25) is 37.3 Å². The van der Waals surface area contributed by atoms with Gasteiger partial charge in [-0.25, -0.2) is 9.13 Å². The molecule has 528 valence electrons. The molecule has 3 N–H and O–H groups in total. The van der Waals surface area contributed by atoms with Crippen LogP contribution in [0.25, 0.3) is 0 Å². The first-order valence-electron chi connectivity index (χ1n) is 36.3. The van der Waals surface area contributed by atoms with E-state index >= 15 is 0 Å². The molecule has 17 nitrogen and oxygen atoms in total. The van der Waals surface area contributed by atoms with E-state index in [4.69, 9.17) is 37.0 Å². The molecule has 0 saturated heterocycles. The lowest BCUT2D eigenvalue weighted by Crippen LogP contribution is -2.30. The molecule has 0 aromatic heterocycles. The van der Waals surface area contributed by atoms with Crippen molar-refractivity contribution in [2.75, 3.05) is 39.6 Å². The molecular weight excluding hydrogens is 1170 g/mol. The van der Waals surface area contributed by atoms with Crippen molar-refractivity contribution in [3.8, 4) is 0 Å². The van der Waals surface area contributed by atoms with Crippen LogP contribution in [0.15, 0.2) is 0 Å². The third kappa shape index (κ3) is 60.7. The maximum Gasteiger partial charge on any atom is 0.472 e. The lowest BCUT2D eigenvalue weighted by molar-refractivity contribution is -0.161. The molecule has 8 atom stereocenters. The number of unbranched alkanes of at least 4 members (excludes halogenated alkanes) is 30. The van der Waals surface area contributed by atoms with E-state index in [1.165, 1.54) is 141 Å². The summed E-state index contributed by atoms with van der Waals surface area (Å²) in [6, 6.07) is 0. The molecular formula is C70H136O17P2. The average Bonchev–Trinajstić information content (AvgIpc) is 3.69. The minimum Gasteiger partial charge on any atom is -0.462 e. The first kappa shape index (κ1) is 87.1. The zero-order valence-corrected chi connectivity index (χ0v) is 59.8. The Labute approximate surface area is 543 Å². The SMILES string of the molecule is CCC(C)CCCCCCCCCCCCCCCCC(=O)O[C@H](COC(=O)CCCCCCCCC(C)CC)COP(=O)(O)OCC(O)COP(=O)(O)OC[C@@H](COC(=O)CCCCCCCCCCC(C)C)OC(=O)CCCCCCCCC(C)CC. The van der Waals surface area contributed by atoms with E-state index in [-0.39, 0.29) is 25.7 Å². The molecule has 0 saturated carbocycles. The molecule has 0 radical (unpaired) electrons. The molecule has 0 fully saturated rings. The second-order valence-corrected chi connectivity index (χ2v) is 29.4. The summed E-state index contributed by atoms with van der Waals surface area (Å²) in [5.41, 5.74) is 0. The summed E-state index contributed by atoms with van der Waals surface area (Å²) in [6.07, 6.45) is 41.8. The standard InChI is InChI=1S/C70H136O17P2/c1-9-61(6)47-39-31-23-18-16-14-12-13-15-17-19-25-36-44-52-69(74)86-65(57-81-68(73)51-43-35-28-26-32-40-48-62(7)10-2)58-84-88(76,77)82-54-64(71)55-83-89(78,79)85-59-66(87-70(75)53-45-37-29-27-33-41-49-63(8)11-3)56-80-67(72)50-42-34-24-21-20-22-30-38-46-60(4)5/h60-66,71H,9-59H2,1-8H3,(H,76,77)(H,78,79)/t61?,62?,63?,64?,65-,66-/m1/s1. The number of hydrogen-bond donors (Lipinski definition) is 3. The Hall–Kier alpha value is -1.94. The van der Waals surface area contributed by atoms with Gasteiger partial charge in [0.05, 0.1) is 26.4 Å². The van der Waals surface area contributed by atoms with E-state index < -0.39 is 97.5 Å². The maximum atomic E-state index is 13.0. The zero-order valence-electron chi connectivity index (χ0n) is 58.1. The summed E-state index contributed by atoms with van der Waals surface area (Å²) in [5, 5.41) is 10.6.